The van der Waals surface area contributed by atoms with E-state index >= 15 is 0 Å². The van der Waals surface area contributed by atoms with Gasteiger partial charge in [0.2, 0.25) is 0 Å². The van der Waals surface area contributed by atoms with Crippen LogP contribution in [0.15, 0.2) is 53.4 Å². The standard InChI is InChI=1S/C21H20N2O5S/c1-13(2)20(25)19(12-22)21(26)16-4-8-17(9-5-16)23-29(27,28)18-10-6-15(7-11-18)14(3)24/h4-11,13,19,23H,1-3H3/t19-/m1/s1. The van der Waals surface area contributed by atoms with Gasteiger partial charge in [0.05, 0.1) is 11.0 Å². The third-order valence-electron chi connectivity index (χ3n) is 4.24. The van der Waals surface area contributed by atoms with Gasteiger partial charge in [0.15, 0.2) is 23.3 Å². The number of rotatable bonds is 8. The Hall–Kier alpha value is -3.31. The molecule has 0 aromatic heterocycles. The third kappa shape index (κ3) is 5.15. The summed E-state index contributed by atoms with van der Waals surface area (Å²) in [5.74, 6) is -3.10. The van der Waals surface area contributed by atoms with Crippen molar-refractivity contribution in [3.8, 4) is 6.07 Å². The number of nitriles is 1. The predicted octanol–water partition coefficient (Wildman–Crippen LogP) is 3.24. The Morgan fingerprint density at radius 2 is 1.45 bits per heavy atom. The van der Waals surface area contributed by atoms with Crippen molar-refractivity contribution < 1.29 is 22.8 Å². The SMILES string of the molecule is CC(=O)c1ccc(S(=O)(=O)Nc2ccc(C(=O)[C@H](C#N)C(=O)C(C)C)cc2)cc1. The van der Waals surface area contributed by atoms with Gasteiger partial charge in [-0.05, 0) is 43.3 Å². The number of nitrogens with zero attached hydrogens (tertiary/aromatic N) is 1. The summed E-state index contributed by atoms with van der Waals surface area (Å²) in [6, 6.07) is 12.7. The summed E-state index contributed by atoms with van der Waals surface area (Å²) in [7, 11) is -3.89. The maximum Gasteiger partial charge on any atom is 0.261 e. The fourth-order valence-electron chi connectivity index (χ4n) is 2.54. The van der Waals surface area contributed by atoms with Gasteiger partial charge >= 0.3 is 0 Å². The van der Waals surface area contributed by atoms with E-state index < -0.39 is 33.4 Å². The van der Waals surface area contributed by atoms with Gasteiger partial charge in [-0.25, -0.2) is 8.42 Å². The smallest absolute Gasteiger partial charge is 0.261 e. The summed E-state index contributed by atoms with van der Waals surface area (Å²) >= 11 is 0. The lowest BCUT2D eigenvalue weighted by Gasteiger charge is -2.11. The van der Waals surface area contributed by atoms with Crippen LogP contribution in [0.5, 0.6) is 0 Å². The summed E-state index contributed by atoms with van der Waals surface area (Å²) in [6.07, 6.45) is 0. The van der Waals surface area contributed by atoms with Crippen LogP contribution in [0.2, 0.25) is 0 Å². The van der Waals surface area contributed by atoms with Gasteiger partial charge in [-0.2, -0.15) is 5.26 Å². The Labute approximate surface area is 169 Å². The molecular weight excluding hydrogens is 392 g/mol. The van der Waals surface area contributed by atoms with Crippen molar-refractivity contribution in [3.05, 3.63) is 59.7 Å². The molecule has 0 saturated heterocycles. The lowest BCUT2D eigenvalue weighted by atomic mass is 9.89. The van der Waals surface area contributed by atoms with E-state index in [1.165, 1.54) is 55.5 Å². The number of benzene rings is 2. The maximum atomic E-state index is 12.5. The first-order chi connectivity index (χ1) is 13.6. The molecular formula is C21H20N2O5S. The molecule has 2 aromatic rings. The van der Waals surface area contributed by atoms with E-state index in [0.29, 0.717) is 5.56 Å². The number of nitrogens with one attached hydrogen (secondary N) is 1. The zero-order valence-electron chi connectivity index (χ0n) is 16.2. The molecule has 8 heteroatoms. The first-order valence-corrected chi connectivity index (χ1v) is 10.3. The highest BCUT2D eigenvalue weighted by Gasteiger charge is 2.29. The van der Waals surface area contributed by atoms with Crippen LogP contribution >= 0.6 is 0 Å². The Bertz CT molecular complexity index is 1080. The predicted molar refractivity (Wildman–Crippen MR) is 107 cm³/mol. The van der Waals surface area contributed by atoms with Crippen LogP contribution in [0.25, 0.3) is 0 Å². The lowest BCUT2D eigenvalue weighted by Crippen LogP contribution is -2.26. The van der Waals surface area contributed by atoms with Crippen molar-refractivity contribution in [2.24, 2.45) is 11.8 Å². The molecule has 0 saturated carbocycles. The van der Waals surface area contributed by atoms with Crippen molar-refractivity contribution in [2.75, 3.05) is 4.72 Å². The number of ketones is 3. The number of sulfonamides is 1. The second-order valence-corrected chi connectivity index (χ2v) is 8.43. The number of anilines is 1. The number of hydrogen-bond donors (Lipinski definition) is 1. The topological polar surface area (TPSA) is 121 Å². The molecule has 0 spiro atoms. The van der Waals surface area contributed by atoms with E-state index in [4.69, 9.17) is 5.26 Å². The summed E-state index contributed by atoms with van der Waals surface area (Å²) in [5.41, 5.74) is 0.745. The Kier molecular flexibility index (Phi) is 6.67. The molecule has 0 fully saturated rings. The van der Waals surface area contributed by atoms with Gasteiger partial charge in [-0.1, -0.05) is 26.0 Å². The van der Waals surface area contributed by atoms with Gasteiger partial charge in [-0.15, -0.1) is 0 Å². The molecule has 0 bridgehead atoms. The summed E-state index contributed by atoms with van der Waals surface area (Å²) in [6.45, 7) is 4.61. The van der Waals surface area contributed by atoms with Crippen LogP contribution in [0, 0.1) is 23.2 Å². The summed E-state index contributed by atoms with van der Waals surface area (Å²) in [5, 5.41) is 9.16. The van der Waals surface area contributed by atoms with Gasteiger partial charge in [0.1, 0.15) is 0 Å². The zero-order chi connectivity index (χ0) is 21.8. The van der Waals surface area contributed by atoms with E-state index in [1.54, 1.807) is 19.9 Å². The monoisotopic (exact) mass is 412 g/mol. The number of carbonyl (C=O) groups excluding carboxylic acids is 3. The number of Topliss-reactive ketones (excluding diaryl/α,β-unsaturated/α-hetero) is 3. The van der Waals surface area contributed by atoms with Crippen molar-refractivity contribution >= 4 is 33.1 Å². The average Bonchev–Trinajstić information content (AvgIpc) is 2.68. The molecule has 0 amide bonds. The molecule has 0 heterocycles. The van der Waals surface area contributed by atoms with Gasteiger partial charge in [0, 0.05) is 22.7 Å². The van der Waals surface area contributed by atoms with E-state index in [9.17, 15) is 22.8 Å². The highest BCUT2D eigenvalue weighted by molar-refractivity contribution is 7.92. The van der Waals surface area contributed by atoms with Crippen molar-refractivity contribution in [1.29, 1.82) is 5.26 Å². The molecule has 150 valence electrons. The largest absolute Gasteiger partial charge is 0.297 e. The van der Waals surface area contributed by atoms with Crippen LogP contribution in [-0.2, 0) is 14.8 Å². The van der Waals surface area contributed by atoms with Crippen LogP contribution in [0.1, 0.15) is 41.5 Å². The van der Waals surface area contributed by atoms with Crippen LogP contribution in [0.4, 0.5) is 5.69 Å². The quantitative estimate of drug-likeness (QED) is 0.525. The van der Waals surface area contributed by atoms with Crippen LogP contribution in [-0.4, -0.2) is 25.8 Å². The van der Waals surface area contributed by atoms with Crippen LogP contribution in [0.3, 0.4) is 0 Å². The first kappa shape index (κ1) is 22.0. The fraction of sp³-hybridized carbons (Fsp3) is 0.238. The Balaban J connectivity index is 2.19. The molecule has 0 unspecified atom stereocenters. The second-order valence-electron chi connectivity index (χ2n) is 6.75. The lowest BCUT2D eigenvalue weighted by molar-refractivity contribution is -0.123. The fourth-order valence-corrected chi connectivity index (χ4v) is 3.60. The molecule has 0 aliphatic heterocycles. The minimum Gasteiger partial charge on any atom is -0.297 e. The van der Waals surface area contributed by atoms with Crippen molar-refractivity contribution in [1.82, 2.24) is 0 Å². The first-order valence-electron chi connectivity index (χ1n) is 8.78. The van der Waals surface area contributed by atoms with Crippen LogP contribution < -0.4 is 4.72 Å². The molecule has 1 N–H and O–H groups in total. The molecule has 2 aromatic carbocycles. The zero-order valence-corrected chi connectivity index (χ0v) is 17.0. The highest BCUT2D eigenvalue weighted by Crippen LogP contribution is 2.20. The number of hydrogen-bond acceptors (Lipinski definition) is 6. The molecule has 0 radical (unpaired) electrons. The molecule has 29 heavy (non-hydrogen) atoms. The minimum absolute atomic E-state index is 0.0188. The number of carbonyl (C=O) groups is 3. The van der Waals surface area contributed by atoms with Gasteiger partial charge in [0.25, 0.3) is 10.0 Å². The van der Waals surface area contributed by atoms with Crippen molar-refractivity contribution in [3.63, 3.8) is 0 Å². The van der Waals surface area contributed by atoms with E-state index in [1.807, 2.05) is 0 Å². The Morgan fingerprint density at radius 3 is 1.90 bits per heavy atom. The van der Waals surface area contributed by atoms with E-state index in [-0.39, 0.29) is 21.9 Å². The molecule has 2 rings (SSSR count). The summed E-state index contributed by atoms with van der Waals surface area (Å²) in [4.78, 5) is 35.7. The normalized spacial score (nSPS) is 12.1. The van der Waals surface area contributed by atoms with Gasteiger partial charge in [-0.3, -0.25) is 19.1 Å². The third-order valence-corrected chi connectivity index (χ3v) is 5.63. The molecule has 1 atom stereocenters. The maximum absolute atomic E-state index is 12.5. The van der Waals surface area contributed by atoms with Crippen molar-refractivity contribution in [2.45, 2.75) is 25.7 Å². The average molecular weight is 412 g/mol. The molecule has 0 aliphatic rings. The Morgan fingerprint density at radius 1 is 0.931 bits per heavy atom. The van der Waals surface area contributed by atoms with Gasteiger partial charge < -0.3 is 0 Å². The van der Waals surface area contributed by atoms with E-state index in [0.717, 1.165) is 0 Å². The highest BCUT2D eigenvalue weighted by atomic mass is 32.2. The molecule has 0 aliphatic carbocycles. The minimum atomic E-state index is -3.89. The van der Waals surface area contributed by atoms with E-state index in [2.05, 4.69) is 4.72 Å². The summed E-state index contributed by atoms with van der Waals surface area (Å²) < 4.78 is 27.3. The second kappa shape index (κ2) is 8.80. The molecule has 7 nitrogen and oxygen atoms in total.